The molecule has 1 fully saturated rings. The van der Waals surface area contributed by atoms with Crippen molar-refractivity contribution in [2.24, 2.45) is 0 Å². The maximum absolute atomic E-state index is 12.5. The van der Waals surface area contributed by atoms with Crippen molar-refractivity contribution >= 4 is 29.7 Å². The predicted molar refractivity (Wildman–Crippen MR) is 167 cm³/mol. The number of carbonyl (C=O) groups excluding carboxylic acids is 1. The summed E-state index contributed by atoms with van der Waals surface area (Å²) < 4.78 is 10.8. The molecule has 1 saturated heterocycles. The Morgan fingerprint density at radius 2 is 1.29 bits per heavy atom. The Morgan fingerprint density at radius 1 is 0.762 bits per heavy atom. The first-order valence-corrected chi connectivity index (χ1v) is 13.5. The summed E-state index contributed by atoms with van der Waals surface area (Å²) in [7, 11) is 0. The van der Waals surface area contributed by atoms with E-state index in [2.05, 4.69) is 18.1 Å². The van der Waals surface area contributed by atoms with Crippen LogP contribution in [0.2, 0.25) is 0 Å². The fourth-order valence-corrected chi connectivity index (χ4v) is 4.02. The number of hydrogen-bond acceptors (Lipinski definition) is 6. The normalized spacial score (nSPS) is 12.9. The zero-order chi connectivity index (χ0) is 30.2. The Hall–Kier alpha value is -5.24. The highest BCUT2D eigenvalue weighted by molar-refractivity contribution is 5.92. The molecule has 0 bridgehead atoms. The molecule has 4 rings (SSSR count). The molecule has 0 atom stereocenters. The Balaban J connectivity index is 0.000000274. The van der Waals surface area contributed by atoms with Crippen molar-refractivity contribution in [3.05, 3.63) is 121 Å². The van der Waals surface area contributed by atoms with Crippen molar-refractivity contribution in [3.8, 4) is 17.2 Å². The third-order valence-electron chi connectivity index (χ3n) is 6.09. The summed E-state index contributed by atoms with van der Waals surface area (Å²) in [5.41, 5.74) is 2.78. The molecule has 0 aliphatic carbocycles. The van der Waals surface area contributed by atoms with Gasteiger partial charge in [-0.3, -0.25) is 4.79 Å². The molecule has 0 saturated carbocycles. The molecule has 2 N–H and O–H groups in total. The molecule has 8 heteroatoms. The minimum absolute atomic E-state index is 0.0118. The molecule has 3 aromatic rings. The predicted octanol–water partition coefficient (Wildman–Crippen LogP) is 5.67. The van der Waals surface area contributed by atoms with Crippen molar-refractivity contribution in [1.82, 2.24) is 4.90 Å². The van der Waals surface area contributed by atoms with Gasteiger partial charge in [-0.2, -0.15) is 0 Å². The lowest BCUT2D eigenvalue weighted by atomic mass is 10.2. The van der Waals surface area contributed by atoms with Gasteiger partial charge in [-0.15, -0.1) is 0 Å². The summed E-state index contributed by atoms with van der Waals surface area (Å²) in [6.07, 6.45) is 9.39. The summed E-state index contributed by atoms with van der Waals surface area (Å²) in [6.45, 7) is 11.0. The Kier molecular flexibility index (Phi) is 12.5. The zero-order valence-electron chi connectivity index (χ0n) is 23.5. The van der Waals surface area contributed by atoms with Gasteiger partial charge in [-0.05, 0) is 71.8 Å². The maximum Gasteiger partial charge on any atom is 0.328 e. The molecular formula is C34H36N2O6. The lowest BCUT2D eigenvalue weighted by Crippen LogP contribution is -2.48. The molecule has 0 unspecified atom stereocenters. The van der Waals surface area contributed by atoms with Gasteiger partial charge >= 0.3 is 5.97 Å². The molecular weight excluding hydrogens is 532 g/mol. The molecule has 1 heterocycles. The first kappa shape index (κ1) is 31.3. The SMILES string of the molecule is C=CCOc1cccc(/C=C/C(=O)N2CCN(c3ccc(O)cc3)CC2)c1.C=CCOc1cccc(/C=C/C(=O)O)c1. The number of anilines is 1. The van der Waals surface area contributed by atoms with Crippen LogP contribution in [0.25, 0.3) is 12.2 Å². The van der Waals surface area contributed by atoms with Gasteiger partial charge in [0.15, 0.2) is 0 Å². The highest BCUT2D eigenvalue weighted by Crippen LogP contribution is 2.20. The zero-order valence-corrected chi connectivity index (χ0v) is 23.5. The average molecular weight is 569 g/mol. The van der Waals surface area contributed by atoms with E-state index in [4.69, 9.17) is 14.6 Å². The van der Waals surface area contributed by atoms with Crippen LogP contribution in [0.1, 0.15) is 11.1 Å². The topological polar surface area (TPSA) is 99.5 Å². The summed E-state index contributed by atoms with van der Waals surface area (Å²) >= 11 is 0. The fourth-order valence-electron chi connectivity index (χ4n) is 4.02. The highest BCUT2D eigenvalue weighted by atomic mass is 16.5. The standard InChI is InChI=1S/C22H24N2O3.C12H12O3/c1-2-16-27-21-5-3-4-18(17-21)6-11-22(26)24-14-12-23(13-15-24)19-7-9-20(25)10-8-19;1-2-8-15-11-5-3-4-10(9-11)6-7-12(13)14/h2-11,17,25H,1,12-16H2;2-7,9H,1,8H2,(H,13,14)/b11-6+;7-6+. The Bertz CT molecular complexity index is 1390. The monoisotopic (exact) mass is 568 g/mol. The number of phenols is 1. The van der Waals surface area contributed by atoms with Crippen LogP contribution < -0.4 is 14.4 Å². The summed E-state index contributed by atoms with van der Waals surface area (Å²) in [5.74, 6) is 0.760. The molecule has 3 aromatic carbocycles. The Morgan fingerprint density at radius 3 is 1.79 bits per heavy atom. The second-order valence-electron chi connectivity index (χ2n) is 9.18. The van der Waals surface area contributed by atoms with Gasteiger partial charge in [-0.1, -0.05) is 49.6 Å². The number of ether oxygens (including phenoxy) is 2. The number of carboxylic acid groups (broad SMARTS) is 1. The van der Waals surface area contributed by atoms with E-state index in [9.17, 15) is 14.7 Å². The molecule has 0 radical (unpaired) electrons. The van der Waals surface area contributed by atoms with Crippen LogP contribution in [0.3, 0.4) is 0 Å². The van der Waals surface area contributed by atoms with Gasteiger partial charge < -0.3 is 29.5 Å². The van der Waals surface area contributed by atoms with E-state index in [1.54, 1.807) is 48.6 Å². The van der Waals surface area contributed by atoms with Gasteiger partial charge in [0.2, 0.25) is 5.91 Å². The number of carboxylic acids is 1. The van der Waals surface area contributed by atoms with Gasteiger partial charge in [0, 0.05) is 44.0 Å². The quantitative estimate of drug-likeness (QED) is 0.227. The van der Waals surface area contributed by atoms with Gasteiger partial charge in [-0.25, -0.2) is 4.79 Å². The molecule has 8 nitrogen and oxygen atoms in total. The van der Waals surface area contributed by atoms with Gasteiger partial charge in [0.1, 0.15) is 30.5 Å². The third-order valence-corrected chi connectivity index (χ3v) is 6.09. The minimum atomic E-state index is -0.965. The minimum Gasteiger partial charge on any atom is -0.508 e. The van der Waals surface area contributed by atoms with Crippen LogP contribution in [-0.2, 0) is 9.59 Å². The molecule has 42 heavy (non-hydrogen) atoms. The van der Waals surface area contributed by atoms with E-state index < -0.39 is 5.97 Å². The second kappa shape index (κ2) is 16.8. The van der Waals surface area contributed by atoms with Gasteiger partial charge in [0.25, 0.3) is 0 Å². The lowest BCUT2D eigenvalue weighted by molar-refractivity contribution is -0.131. The average Bonchev–Trinajstić information content (AvgIpc) is 3.02. The highest BCUT2D eigenvalue weighted by Gasteiger charge is 2.19. The van der Waals surface area contributed by atoms with Crippen molar-refractivity contribution < 1.29 is 29.3 Å². The summed E-state index contributed by atoms with van der Waals surface area (Å²) in [4.78, 5) is 26.8. The van der Waals surface area contributed by atoms with Crippen molar-refractivity contribution in [2.75, 3.05) is 44.3 Å². The number of amides is 1. The van der Waals surface area contributed by atoms with E-state index in [0.717, 1.165) is 41.7 Å². The number of carbonyl (C=O) groups is 2. The number of hydrogen-bond donors (Lipinski definition) is 2. The number of piperazine rings is 1. The molecule has 1 amide bonds. The van der Waals surface area contributed by atoms with E-state index in [0.29, 0.717) is 32.1 Å². The number of phenolic OH excluding ortho intramolecular Hbond substituents is 1. The smallest absolute Gasteiger partial charge is 0.328 e. The van der Waals surface area contributed by atoms with E-state index in [1.807, 2.05) is 53.4 Å². The van der Waals surface area contributed by atoms with Crippen LogP contribution in [0, 0.1) is 0 Å². The van der Waals surface area contributed by atoms with Crippen molar-refractivity contribution in [1.29, 1.82) is 0 Å². The van der Waals surface area contributed by atoms with Crippen LogP contribution >= 0.6 is 0 Å². The van der Waals surface area contributed by atoms with Crippen LogP contribution in [0.5, 0.6) is 17.2 Å². The first-order chi connectivity index (χ1) is 20.4. The number of rotatable bonds is 11. The van der Waals surface area contributed by atoms with E-state index >= 15 is 0 Å². The van der Waals surface area contributed by atoms with Crippen molar-refractivity contribution in [3.63, 3.8) is 0 Å². The third kappa shape index (κ3) is 10.7. The number of aromatic hydroxyl groups is 1. The number of aliphatic carboxylic acids is 1. The molecule has 1 aliphatic heterocycles. The Labute approximate surface area is 246 Å². The number of benzene rings is 3. The van der Waals surface area contributed by atoms with Crippen LogP contribution in [0.4, 0.5) is 5.69 Å². The van der Waals surface area contributed by atoms with Crippen LogP contribution in [-0.4, -0.2) is 66.4 Å². The van der Waals surface area contributed by atoms with E-state index in [1.165, 1.54) is 6.08 Å². The second-order valence-corrected chi connectivity index (χ2v) is 9.18. The molecule has 1 aliphatic rings. The fraction of sp³-hybridized carbons (Fsp3) is 0.176. The largest absolute Gasteiger partial charge is 0.508 e. The van der Waals surface area contributed by atoms with E-state index in [-0.39, 0.29) is 11.7 Å². The van der Waals surface area contributed by atoms with Crippen molar-refractivity contribution in [2.45, 2.75) is 0 Å². The summed E-state index contributed by atoms with van der Waals surface area (Å²) in [5, 5.41) is 17.8. The van der Waals surface area contributed by atoms with Gasteiger partial charge in [0.05, 0.1) is 0 Å². The first-order valence-electron chi connectivity index (χ1n) is 13.5. The maximum atomic E-state index is 12.5. The molecule has 218 valence electrons. The lowest BCUT2D eigenvalue weighted by Gasteiger charge is -2.35. The van der Waals surface area contributed by atoms with Crippen LogP contribution in [0.15, 0.2) is 110 Å². The molecule has 0 spiro atoms. The summed E-state index contributed by atoms with van der Waals surface area (Å²) in [6, 6.07) is 22.0. The molecule has 0 aromatic heterocycles. The number of nitrogens with zero attached hydrogens (tertiary/aromatic N) is 2.